The minimum atomic E-state index is -0.516. The Balaban J connectivity index is 2.17. The number of nitrogens with zero attached hydrogens (tertiary/aromatic N) is 2. The summed E-state index contributed by atoms with van der Waals surface area (Å²) in [5.41, 5.74) is 2.01. The lowest BCUT2D eigenvalue weighted by molar-refractivity contribution is -0.111. The van der Waals surface area contributed by atoms with Crippen LogP contribution in [0.4, 0.5) is 5.69 Å². The van der Waals surface area contributed by atoms with Crippen molar-refractivity contribution in [1.82, 2.24) is 9.78 Å². The second-order valence-corrected chi connectivity index (χ2v) is 7.14. The molecule has 1 amide bonds. The van der Waals surface area contributed by atoms with E-state index in [0.29, 0.717) is 33.9 Å². The van der Waals surface area contributed by atoms with E-state index in [1.54, 1.807) is 10.8 Å². The molecule has 144 valence electrons. The highest BCUT2D eigenvalue weighted by atomic mass is 35.5. The summed E-state index contributed by atoms with van der Waals surface area (Å²) >= 11 is 12.4. The predicted molar refractivity (Wildman–Crippen MR) is 107 cm³/mol. The predicted octanol–water partition coefficient (Wildman–Crippen LogP) is 4.59. The van der Waals surface area contributed by atoms with Crippen molar-refractivity contribution in [3.05, 3.63) is 51.3 Å². The van der Waals surface area contributed by atoms with Crippen LogP contribution in [0, 0.1) is 12.8 Å². The third-order valence-corrected chi connectivity index (χ3v) is 4.42. The normalized spacial score (nSPS) is 11.2. The first-order valence-electron chi connectivity index (χ1n) is 8.32. The van der Waals surface area contributed by atoms with Gasteiger partial charge in [0.1, 0.15) is 5.15 Å². The molecule has 6 nitrogen and oxygen atoms in total. The summed E-state index contributed by atoms with van der Waals surface area (Å²) in [6.07, 6.45) is 2.95. The number of esters is 1. The van der Waals surface area contributed by atoms with Gasteiger partial charge < -0.3 is 10.1 Å². The fourth-order valence-corrected chi connectivity index (χ4v) is 2.89. The van der Waals surface area contributed by atoms with Gasteiger partial charge in [-0.3, -0.25) is 9.48 Å². The van der Waals surface area contributed by atoms with Crippen molar-refractivity contribution in [2.24, 2.45) is 5.92 Å². The number of benzene rings is 1. The maximum Gasteiger partial charge on any atom is 0.337 e. The van der Waals surface area contributed by atoms with E-state index in [0.717, 1.165) is 5.69 Å². The Bertz CT molecular complexity index is 889. The van der Waals surface area contributed by atoms with E-state index in [4.69, 9.17) is 23.2 Å². The molecule has 1 aromatic carbocycles. The van der Waals surface area contributed by atoms with Crippen LogP contribution < -0.4 is 5.32 Å². The van der Waals surface area contributed by atoms with Crippen molar-refractivity contribution >= 4 is 46.8 Å². The minimum Gasteiger partial charge on any atom is -0.465 e. The number of anilines is 1. The number of methoxy groups -OCH3 is 1. The third-order valence-electron chi connectivity index (χ3n) is 3.69. The van der Waals surface area contributed by atoms with Gasteiger partial charge in [0.05, 0.1) is 29.1 Å². The molecule has 1 aromatic heterocycles. The number of amides is 1. The lowest BCUT2D eigenvalue weighted by atomic mass is 10.2. The molecule has 2 rings (SSSR count). The molecular weight excluding hydrogens is 389 g/mol. The van der Waals surface area contributed by atoms with Crippen molar-refractivity contribution in [3.8, 4) is 0 Å². The van der Waals surface area contributed by atoms with E-state index in [1.807, 2.05) is 6.92 Å². The lowest BCUT2D eigenvalue weighted by Gasteiger charge is -2.07. The zero-order valence-corrected chi connectivity index (χ0v) is 17.1. The van der Waals surface area contributed by atoms with Crippen LogP contribution in [0.1, 0.15) is 35.5 Å². The zero-order chi connectivity index (χ0) is 20.1. The summed E-state index contributed by atoms with van der Waals surface area (Å²) in [7, 11) is 1.28. The SMILES string of the molecule is COC(=O)c1ccc(Cl)c(NC(=O)/C=C/c2c(C)nn(CC(C)C)c2Cl)c1. The van der Waals surface area contributed by atoms with Crippen LogP contribution >= 0.6 is 23.2 Å². The molecule has 1 N–H and O–H groups in total. The van der Waals surface area contributed by atoms with Gasteiger partial charge in [-0.2, -0.15) is 5.10 Å². The smallest absolute Gasteiger partial charge is 0.337 e. The fourth-order valence-electron chi connectivity index (χ4n) is 2.42. The van der Waals surface area contributed by atoms with Crippen LogP contribution in [0.15, 0.2) is 24.3 Å². The molecule has 27 heavy (non-hydrogen) atoms. The van der Waals surface area contributed by atoms with Crippen LogP contribution in [0.3, 0.4) is 0 Å². The highest BCUT2D eigenvalue weighted by molar-refractivity contribution is 6.34. The fraction of sp³-hybridized carbons (Fsp3) is 0.316. The third kappa shape index (κ3) is 5.34. The number of rotatable bonds is 6. The van der Waals surface area contributed by atoms with Crippen LogP contribution in [0.5, 0.6) is 0 Å². The van der Waals surface area contributed by atoms with Gasteiger partial charge in [-0.25, -0.2) is 4.79 Å². The standard InChI is InChI=1S/C19H21Cl2N3O3/c1-11(2)10-24-18(21)14(12(3)23-24)6-8-17(25)22-16-9-13(19(26)27-4)5-7-15(16)20/h5-9,11H,10H2,1-4H3,(H,22,25)/b8-6+. The summed E-state index contributed by atoms with van der Waals surface area (Å²) in [5, 5.41) is 7.83. The average Bonchev–Trinajstić information content (AvgIpc) is 2.87. The molecule has 8 heteroatoms. The second-order valence-electron chi connectivity index (χ2n) is 6.37. The van der Waals surface area contributed by atoms with Crippen LogP contribution in [0.25, 0.3) is 6.08 Å². The monoisotopic (exact) mass is 409 g/mol. The van der Waals surface area contributed by atoms with Crippen molar-refractivity contribution in [2.45, 2.75) is 27.3 Å². The zero-order valence-electron chi connectivity index (χ0n) is 15.5. The van der Waals surface area contributed by atoms with E-state index in [2.05, 4.69) is 29.0 Å². The summed E-state index contributed by atoms with van der Waals surface area (Å²) in [5.74, 6) is -0.533. The van der Waals surface area contributed by atoms with Gasteiger partial charge >= 0.3 is 5.97 Å². The molecular formula is C19H21Cl2N3O3. The summed E-state index contributed by atoms with van der Waals surface area (Å²) < 4.78 is 6.38. The molecule has 0 aliphatic heterocycles. The summed E-state index contributed by atoms with van der Waals surface area (Å²) in [4.78, 5) is 23.9. The van der Waals surface area contributed by atoms with E-state index in [-0.39, 0.29) is 5.56 Å². The number of aryl methyl sites for hydroxylation is 1. The Labute approximate surface area is 168 Å². The Kier molecular flexibility index (Phi) is 7.05. The quantitative estimate of drug-likeness (QED) is 0.558. The van der Waals surface area contributed by atoms with Crippen molar-refractivity contribution in [3.63, 3.8) is 0 Å². The van der Waals surface area contributed by atoms with Crippen molar-refractivity contribution < 1.29 is 14.3 Å². The number of halogens is 2. The Morgan fingerprint density at radius 1 is 1.33 bits per heavy atom. The summed E-state index contributed by atoms with van der Waals surface area (Å²) in [6, 6.07) is 4.49. The van der Waals surface area contributed by atoms with Gasteiger partial charge in [0.2, 0.25) is 5.91 Å². The van der Waals surface area contributed by atoms with Gasteiger partial charge in [0.15, 0.2) is 0 Å². The van der Waals surface area contributed by atoms with E-state index >= 15 is 0 Å². The molecule has 0 unspecified atom stereocenters. The maximum absolute atomic E-state index is 12.3. The lowest BCUT2D eigenvalue weighted by Crippen LogP contribution is -2.10. The molecule has 1 heterocycles. The van der Waals surface area contributed by atoms with E-state index in [1.165, 1.54) is 31.4 Å². The highest BCUT2D eigenvalue weighted by Gasteiger charge is 2.13. The number of aromatic nitrogens is 2. The number of ether oxygens (including phenoxy) is 1. The van der Waals surface area contributed by atoms with Gasteiger partial charge in [0.25, 0.3) is 0 Å². The number of hydrogen-bond donors (Lipinski definition) is 1. The van der Waals surface area contributed by atoms with Crippen molar-refractivity contribution in [1.29, 1.82) is 0 Å². The molecule has 0 atom stereocenters. The minimum absolute atomic E-state index is 0.287. The first kappa shape index (κ1) is 21.0. The topological polar surface area (TPSA) is 73.2 Å². The Morgan fingerprint density at radius 2 is 2.04 bits per heavy atom. The van der Waals surface area contributed by atoms with Crippen LogP contribution in [0.2, 0.25) is 10.2 Å². The largest absolute Gasteiger partial charge is 0.465 e. The molecule has 0 saturated heterocycles. The summed E-state index contributed by atoms with van der Waals surface area (Å²) in [6.45, 7) is 6.66. The van der Waals surface area contributed by atoms with E-state index < -0.39 is 11.9 Å². The Morgan fingerprint density at radius 3 is 2.67 bits per heavy atom. The second kappa shape index (κ2) is 9.06. The highest BCUT2D eigenvalue weighted by Crippen LogP contribution is 2.25. The van der Waals surface area contributed by atoms with Gasteiger partial charge in [0, 0.05) is 18.2 Å². The molecule has 0 aliphatic carbocycles. The Hall–Kier alpha value is -2.31. The first-order chi connectivity index (χ1) is 12.7. The number of carbonyl (C=O) groups excluding carboxylic acids is 2. The molecule has 0 saturated carbocycles. The van der Waals surface area contributed by atoms with Gasteiger partial charge in [-0.1, -0.05) is 37.0 Å². The van der Waals surface area contributed by atoms with Crippen LogP contribution in [-0.4, -0.2) is 28.8 Å². The molecule has 0 aliphatic rings. The molecule has 0 bridgehead atoms. The van der Waals surface area contributed by atoms with Gasteiger partial charge in [-0.05, 0) is 37.1 Å². The van der Waals surface area contributed by atoms with Crippen molar-refractivity contribution in [2.75, 3.05) is 12.4 Å². The first-order valence-corrected chi connectivity index (χ1v) is 9.08. The molecule has 0 fully saturated rings. The van der Waals surface area contributed by atoms with Gasteiger partial charge in [-0.15, -0.1) is 0 Å². The maximum atomic E-state index is 12.3. The number of nitrogens with one attached hydrogen (secondary N) is 1. The molecule has 2 aromatic rings. The number of hydrogen-bond acceptors (Lipinski definition) is 4. The molecule has 0 spiro atoms. The van der Waals surface area contributed by atoms with E-state index in [9.17, 15) is 9.59 Å². The van der Waals surface area contributed by atoms with Crippen LogP contribution in [-0.2, 0) is 16.1 Å². The average molecular weight is 410 g/mol. The number of carbonyl (C=O) groups is 2. The molecule has 0 radical (unpaired) electrons.